The summed E-state index contributed by atoms with van der Waals surface area (Å²) in [4.78, 5) is 58.1. The Bertz CT molecular complexity index is 3450. The first kappa shape index (κ1) is 53.6. The molecule has 7 aromatic rings. The van der Waals surface area contributed by atoms with E-state index in [9.17, 15) is 19.8 Å². The van der Waals surface area contributed by atoms with E-state index < -0.39 is 18.1 Å². The Labute approximate surface area is 477 Å². The Hall–Kier alpha value is -6.73. The van der Waals surface area contributed by atoms with E-state index in [0.29, 0.717) is 42.3 Å². The molecule has 2 amide bonds. The fourth-order valence-electron chi connectivity index (χ4n) is 14.4. The number of pyridine rings is 1. The van der Waals surface area contributed by atoms with Gasteiger partial charge in [-0.05, 0) is 129 Å². The van der Waals surface area contributed by atoms with Gasteiger partial charge in [-0.2, -0.15) is 9.97 Å². The number of likely N-dealkylation sites (tertiary alicyclic amines) is 2. The summed E-state index contributed by atoms with van der Waals surface area (Å²) >= 11 is 1.60. The Morgan fingerprint density at radius 2 is 1.65 bits per heavy atom. The number of phenolic OH excluding ortho intramolecular Hbond substituents is 1. The average Bonchev–Trinajstić information content (AvgIpc) is 4.39. The summed E-state index contributed by atoms with van der Waals surface area (Å²) in [5.41, 5.74) is 9.80. The number of aliphatic hydroxyl groups is 1. The fraction of sp³-hybridized carbons (Fsp3) is 0.508. The number of aromatic hydroxyl groups is 1. The van der Waals surface area contributed by atoms with E-state index in [1.165, 1.54) is 24.8 Å². The van der Waals surface area contributed by atoms with Crippen LogP contribution in [0.4, 0.5) is 11.6 Å². The van der Waals surface area contributed by atoms with E-state index in [0.717, 1.165) is 143 Å². The number of nitrogens with zero attached hydrogens (tertiary/aromatic N) is 9. The van der Waals surface area contributed by atoms with Gasteiger partial charge in [-0.1, -0.05) is 68.4 Å². The van der Waals surface area contributed by atoms with Gasteiger partial charge in [0, 0.05) is 87.1 Å². The summed E-state index contributed by atoms with van der Waals surface area (Å²) in [5, 5.41) is 36.2. The van der Waals surface area contributed by atoms with E-state index in [1.807, 2.05) is 81.9 Å². The third-order valence-electron chi connectivity index (χ3n) is 18.8. The number of thiazole rings is 1. The number of anilines is 2. The van der Waals surface area contributed by atoms with Gasteiger partial charge in [0.15, 0.2) is 11.6 Å². The molecule has 3 aromatic carbocycles. The van der Waals surface area contributed by atoms with Crippen LogP contribution in [0.2, 0.25) is 0 Å². The van der Waals surface area contributed by atoms with Crippen molar-refractivity contribution in [3.8, 4) is 33.5 Å². The molecule has 13 rings (SSSR count). The van der Waals surface area contributed by atoms with Crippen molar-refractivity contribution in [3.63, 3.8) is 0 Å². The van der Waals surface area contributed by atoms with Gasteiger partial charge in [0.1, 0.15) is 30.1 Å². The third kappa shape index (κ3) is 10.5. The summed E-state index contributed by atoms with van der Waals surface area (Å²) in [6.45, 7) is 17.1. The molecule has 424 valence electrons. The van der Waals surface area contributed by atoms with Crippen molar-refractivity contribution in [2.24, 2.45) is 17.8 Å². The Morgan fingerprint density at radius 1 is 0.901 bits per heavy atom. The SMILES string of the molecule is Cc1ncsc1-c1ccc([C@H](C)NC(=O)[C@@H]2C[C@@H](O)CN2C(=O)[C@H](c2cc(N3CCC(CC4CCN(CCOc5nc(N6CC7CCC(C6)N7)c6cnc7c(c6n5)C(C)c5cccc6cc(O)cc-7c56)CC4)CC3)no2)C(C)C)cc1. The van der Waals surface area contributed by atoms with Crippen LogP contribution in [0.5, 0.6) is 11.8 Å². The number of β-amino-alcohol motifs (C(OH)–C–C–N with tert-alkyl or cyclic N) is 1. The first-order chi connectivity index (χ1) is 39.3. The molecule has 7 atom stereocenters. The van der Waals surface area contributed by atoms with Crippen LogP contribution in [0.25, 0.3) is 43.4 Å². The number of aryl methyl sites for hydroxylation is 1. The first-order valence-electron chi connectivity index (χ1n) is 29.6. The highest BCUT2D eigenvalue weighted by Gasteiger charge is 2.44. The molecule has 2 bridgehead atoms. The summed E-state index contributed by atoms with van der Waals surface area (Å²) in [6, 6.07) is 20.2. The molecule has 9 heterocycles. The molecule has 6 aliphatic rings. The van der Waals surface area contributed by atoms with E-state index in [4.69, 9.17) is 24.2 Å². The molecule has 0 saturated carbocycles. The molecule has 0 radical (unpaired) electrons. The number of piperazine rings is 1. The van der Waals surface area contributed by atoms with Crippen LogP contribution < -0.4 is 25.2 Å². The standard InChI is InChI=1S/C63H75N11O6S/c1-35(2)54(62(78)74-33-47(76)28-51(74)61(77)66-37(4)41-9-11-42(12-10-41)59-38(5)65-34-81-59)52-29-53(70-80-52)72-21-17-40(18-22-72)25-39-15-19-71(20-16-39)23-24-79-63-68-58-50(60(69-63)73-31-44-13-14-45(32-73)67-44)30-64-57-49-27-46(75)26-43-7-6-8-48(56(43)49)36(3)55(57)58/h6-12,26-27,29-30,34-37,39-40,44-45,47,51,54,67,75-76H,13-25,28,31-33H2,1-5H3,(H,66,77)/t36?,37-,44?,45?,47+,51-,54-/m0/s1. The van der Waals surface area contributed by atoms with E-state index in [-0.39, 0.29) is 48.4 Å². The normalized spacial score (nSPS) is 23.1. The zero-order valence-corrected chi connectivity index (χ0v) is 48.0. The van der Waals surface area contributed by atoms with Crippen molar-refractivity contribution >= 4 is 56.5 Å². The molecular formula is C63H75N11O6S. The van der Waals surface area contributed by atoms with Crippen LogP contribution in [0.15, 0.2) is 76.9 Å². The van der Waals surface area contributed by atoms with Crippen LogP contribution in [0.1, 0.15) is 125 Å². The number of hydrogen-bond acceptors (Lipinski definition) is 16. The van der Waals surface area contributed by atoms with Gasteiger partial charge in [0.25, 0.3) is 0 Å². The average molecular weight is 1110 g/mol. The Morgan fingerprint density at radius 3 is 2.38 bits per heavy atom. The number of nitrogens with one attached hydrogen (secondary N) is 2. The maximum absolute atomic E-state index is 14.5. The minimum Gasteiger partial charge on any atom is -0.508 e. The summed E-state index contributed by atoms with van der Waals surface area (Å²) in [6.07, 6.45) is 9.35. The molecule has 81 heavy (non-hydrogen) atoms. The molecule has 5 fully saturated rings. The van der Waals surface area contributed by atoms with Crippen molar-refractivity contribution in [2.45, 2.75) is 128 Å². The summed E-state index contributed by atoms with van der Waals surface area (Å²) in [5.74, 6) is 2.41. The lowest BCUT2D eigenvalue weighted by Gasteiger charge is -2.36. The highest BCUT2D eigenvalue weighted by atomic mass is 32.1. The van der Waals surface area contributed by atoms with Crippen LogP contribution in [-0.2, 0) is 9.59 Å². The minimum absolute atomic E-state index is 0.0324. The second kappa shape index (κ2) is 22.2. The number of carbonyl (C=O) groups is 2. The van der Waals surface area contributed by atoms with Crippen molar-refractivity contribution in [3.05, 3.63) is 101 Å². The van der Waals surface area contributed by atoms with E-state index >= 15 is 0 Å². The fourth-order valence-corrected chi connectivity index (χ4v) is 15.2. The monoisotopic (exact) mass is 1110 g/mol. The van der Waals surface area contributed by atoms with Crippen LogP contribution >= 0.6 is 11.3 Å². The number of rotatable bonds is 15. The predicted octanol–water partition coefficient (Wildman–Crippen LogP) is 9.35. The molecule has 17 nitrogen and oxygen atoms in total. The van der Waals surface area contributed by atoms with Gasteiger partial charge in [0.2, 0.25) is 11.8 Å². The number of aliphatic hydroxyl groups excluding tert-OH is 1. The maximum Gasteiger partial charge on any atom is 0.319 e. The molecule has 4 N–H and O–H groups in total. The number of benzene rings is 3. The quantitative estimate of drug-likeness (QED) is 0.0757. The number of piperidine rings is 2. The third-order valence-corrected chi connectivity index (χ3v) is 19.7. The number of amides is 2. The number of hydrogen-bond donors (Lipinski definition) is 4. The molecule has 3 unspecified atom stereocenters. The maximum atomic E-state index is 14.5. The van der Waals surface area contributed by atoms with Crippen LogP contribution in [0.3, 0.4) is 0 Å². The molecule has 5 aliphatic heterocycles. The Kier molecular flexibility index (Phi) is 14.7. The molecule has 0 spiro atoms. The smallest absolute Gasteiger partial charge is 0.319 e. The molecular weight excluding hydrogens is 1040 g/mol. The minimum atomic E-state index is -0.803. The van der Waals surface area contributed by atoms with Crippen molar-refractivity contribution in [2.75, 3.05) is 68.8 Å². The van der Waals surface area contributed by atoms with Crippen LogP contribution in [0, 0.1) is 24.7 Å². The lowest BCUT2D eigenvalue weighted by atomic mass is 9.79. The topological polar surface area (TPSA) is 198 Å². The van der Waals surface area contributed by atoms with Crippen molar-refractivity contribution < 1.29 is 29.1 Å². The Balaban J connectivity index is 0.603. The van der Waals surface area contributed by atoms with Gasteiger partial charge < -0.3 is 44.8 Å². The number of ether oxygens (including phenoxy) is 1. The van der Waals surface area contributed by atoms with Gasteiger partial charge in [-0.3, -0.25) is 19.5 Å². The van der Waals surface area contributed by atoms with Gasteiger partial charge in [-0.25, -0.2) is 4.98 Å². The van der Waals surface area contributed by atoms with Crippen molar-refractivity contribution in [1.82, 2.24) is 45.5 Å². The zero-order chi connectivity index (χ0) is 55.6. The number of phenols is 1. The van der Waals surface area contributed by atoms with Gasteiger partial charge in [-0.15, -0.1) is 11.3 Å². The summed E-state index contributed by atoms with van der Waals surface area (Å²) in [7, 11) is 0. The number of carbonyl (C=O) groups excluding carboxylic acids is 2. The highest BCUT2D eigenvalue weighted by Crippen LogP contribution is 2.49. The molecule has 4 aromatic heterocycles. The molecule has 18 heteroatoms. The van der Waals surface area contributed by atoms with E-state index in [1.54, 1.807) is 16.2 Å². The van der Waals surface area contributed by atoms with Crippen molar-refractivity contribution in [1.29, 1.82) is 0 Å². The first-order valence-corrected chi connectivity index (χ1v) is 30.5. The highest BCUT2D eigenvalue weighted by molar-refractivity contribution is 7.13. The van der Waals surface area contributed by atoms with Gasteiger partial charge in [0.05, 0.1) is 44.8 Å². The van der Waals surface area contributed by atoms with Gasteiger partial charge >= 0.3 is 6.01 Å². The second-order valence-corrected chi connectivity index (χ2v) is 25.3. The number of fused-ring (bicyclic) bond motifs is 6. The molecule has 1 aliphatic carbocycles. The van der Waals surface area contributed by atoms with E-state index in [2.05, 4.69) is 60.6 Å². The second-order valence-electron chi connectivity index (χ2n) is 24.4. The lowest BCUT2D eigenvalue weighted by Crippen LogP contribution is -2.51. The van der Waals surface area contributed by atoms with Crippen LogP contribution in [-0.4, -0.2) is 140 Å². The number of aromatic nitrogens is 5. The summed E-state index contributed by atoms with van der Waals surface area (Å²) < 4.78 is 12.6. The predicted molar refractivity (Wildman–Crippen MR) is 315 cm³/mol. The largest absolute Gasteiger partial charge is 0.508 e. The molecule has 5 saturated heterocycles. The lowest BCUT2D eigenvalue weighted by molar-refractivity contribution is -0.141. The zero-order valence-electron chi connectivity index (χ0n) is 47.2.